The fourth-order valence-corrected chi connectivity index (χ4v) is 3.68. The summed E-state index contributed by atoms with van der Waals surface area (Å²) in [6, 6.07) is 17.7. The zero-order valence-corrected chi connectivity index (χ0v) is 18.7. The molecule has 1 aliphatic heterocycles. The van der Waals surface area contributed by atoms with Gasteiger partial charge in [0.25, 0.3) is 5.91 Å². The summed E-state index contributed by atoms with van der Waals surface area (Å²) in [6.07, 6.45) is -7.04. The molecule has 4 rings (SSSR count). The molecule has 3 aromatic rings. The molecule has 0 aliphatic carbocycles. The van der Waals surface area contributed by atoms with Gasteiger partial charge < -0.3 is 10.1 Å². The van der Waals surface area contributed by atoms with Gasteiger partial charge in [0.1, 0.15) is 11.4 Å². The van der Waals surface area contributed by atoms with Crippen LogP contribution in [0.1, 0.15) is 11.6 Å². The molecule has 1 heterocycles. The van der Waals surface area contributed by atoms with Crippen LogP contribution in [0.25, 0.3) is 0 Å². The van der Waals surface area contributed by atoms with Crippen LogP contribution < -0.4 is 15.0 Å². The van der Waals surface area contributed by atoms with Gasteiger partial charge in [-0.25, -0.2) is 0 Å². The molecule has 1 atom stereocenters. The molecule has 176 valence electrons. The number of anilines is 2. The number of halogens is 6. The van der Waals surface area contributed by atoms with Crippen molar-refractivity contribution in [2.24, 2.45) is 0 Å². The molecule has 0 fully saturated rings. The maximum atomic E-state index is 13.4. The Labute approximate surface area is 202 Å². The van der Waals surface area contributed by atoms with E-state index >= 15 is 0 Å². The minimum atomic E-state index is -4.66. The number of hydrogen-bond donors (Lipinski definition) is 1. The largest absolute Gasteiger partial charge is 0.461 e. The number of alkyl halides is 4. The van der Waals surface area contributed by atoms with Crippen LogP contribution in [0.3, 0.4) is 0 Å². The van der Waals surface area contributed by atoms with E-state index in [9.17, 15) is 22.4 Å². The molecular weight excluding hydrogens is 495 g/mol. The van der Waals surface area contributed by atoms with Gasteiger partial charge in [-0.15, -0.1) is 0 Å². The highest BCUT2D eigenvalue weighted by molar-refractivity contribution is 6.31. The maximum Gasteiger partial charge on any atom is 0.461 e. The lowest BCUT2D eigenvalue weighted by molar-refractivity contribution is -0.253. The lowest BCUT2D eigenvalue weighted by Gasteiger charge is -2.26. The van der Waals surface area contributed by atoms with Crippen molar-refractivity contribution in [2.45, 2.75) is 18.6 Å². The molecule has 0 aromatic heterocycles. The first-order chi connectivity index (χ1) is 16.1. The molecule has 1 unspecified atom stereocenters. The zero-order chi connectivity index (χ0) is 24.5. The molecule has 34 heavy (non-hydrogen) atoms. The minimum Gasteiger partial charge on any atom is -0.428 e. The third kappa shape index (κ3) is 5.13. The number of carbonyl (C=O) groups excluding carboxylic acids is 1. The Morgan fingerprint density at radius 3 is 2.18 bits per heavy atom. The van der Waals surface area contributed by atoms with Crippen molar-refractivity contribution in [3.05, 3.63) is 100 Å². The molecule has 1 aliphatic rings. The summed E-state index contributed by atoms with van der Waals surface area (Å²) in [5.74, 6) is -0.856. The van der Waals surface area contributed by atoms with E-state index < -0.39 is 30.2 Å². The van der Waals surface area contributed by atoms with E-state index in [0.29, 0.717) is 27.0 Å². The van der Waals surface area contributed by atoms with Crippen LogP contribution in [-0.4, -0.2) is 18.4 Å². The SMILES string of the molecule is O=C1C(Nc2ccc(Cl)cc2)=CC(c2cccc(OC(F)(F)C(F)F)c2)N1c1ccc(Cl)cc1. The predicted molar refractivity (Wildman–Crippen MR) is 123 cm³/mol. The Hall–Kier alpha value is -3.23. The molecule has 3 aromatic carbocycles. The van der Waals surface area contributed by atoms with Gasteiger partial charge in [-0.1, -0.05) is 35.3 Å². The first kappa shape index (κ1) is 23.9. The Morgan fingerprint density at radius 1 is 0.941 bits per heavy atom. The molecule has 10 heteroatoms. The van der Waals surface area contributed by atoms with Gasteiger partial charge in [-0.2, -0.15) is 17.6 Å². The summed E-state index contributed by atoms with van der Waals surface area (Å²) < 4.78 is 56.3. The third-order valence-electron chi connectivity index (χ3n) is 4.99. The van der Waals surface area contributed by atoms with Crippen molar-refractivity contribution in [1.82, 2.24) is 0 Å². The Bertz CT molecular complexity index is 1220. The lowest BCUT2D eigenvalue weighted by atomic mass is 10.1. The third-order valence-corrected chi connectivity index (χ3v) is 5.49. The molecular formula is C24H16Cl2F4N2O2. The van der Waals surface area contributed by atoms with Crippen LogP contribution in [-0.2, 0) is 4.79 Å². The predicted octanol–water partition coefficient (Wildman–Crippen LogP) is 7.31. The van der Waals surface area contributed by atoms with Crippen molar-refractivity contribution < 1.29 is 27.1 Å². The molecule has 0 saturated heterocycles. The number of amides is 1. The number of nitrogens with zero attached hydrogens (tertiary/aromatic N) is 1. The highest BCUT2D eigenvalue weighted by atomic mass is 35.5. The molecule has 0 spiro atoms. The zero-order valence-electron chi connectivity index (χ0n) is 17.2. The summed E-state index contributed by atoms with van der Waals surface area (Å²) in [4.78, 5) is 14.8. The van der Waals surface area contributed by atoms with E-state index in [1.807, 2.05) is 0 Å². The summed E-state index contributed by atoms with van der Waals surface area (Å²) >= 11 is 11.9. The van der Waals surface area contributed by atoms with Crippen molar-refractivity contribution in [3.8, 4) is 5.75 Å². The average molecular weight is 511 g/mol. The van der Waals surface area contributed by atoms with Gasteiger partial charge >= 0.3 is 12.5 Å². The molecule has 4 nitrogen and oxygen atoms in total. The molecule has 0 radical (unpaired) electrons. The first-order valence-electron chi connectivity index (χ1n) is 9.92. The average Bonchev–Trinajstić information content (AvgIpc) is 3.12. The van der Waals surface area contributed by atoms with Gasteiger partial charge in [-0.05, 0) is 72.3 Å². The van der Waals surface area contributed by atoms with Crippen LogP contribution in [0.5, 0.6) is 5.75 Å². The fourth-order valence-electron chi connectivity index (χ4n) is 3.43. The molecule has 1 amide bonds. The standard InChI is InChI=1S/C24H16Cl2F4N2O2/c25-15-4-8-17(9-5-15)31-20-13-21(32(22(20)33)18-10-6-16(26)7-11-18)14-2-1-3-19(12-14)34-24(29,30)23(27)28/h1-13,21,23,31H. The van der Waals surface area contributed by atoms with Crippen LogP contribution in [0.2, 0.25) is 10.0 Å². The normalized spacial score (nSPS) is 16.1. The van der Waals surface area contributed by atoms with E-state index in [4.69, 9.17) is 23.2 Å². The quantitative estimate of drug-likeness (QED) is 0.338. The Balaban J connectivity index is 1.71. The number of carbonyl (C=O) groups is 1. The Morgan fingerprint density at radius 2 is 1.56 bits per heavy atom. The summed E-state index contributed by atoms with van der Waals surface area (Å²) in [6.45, 7) is 0. The van der Waals surface area contributed by atoms with E-state index in [-0.39, 0.29) is 5.70 Å². The smallest absolute Gasteiger partial charge is 0.428 e. The van der Waals surface area contributed by atoms with Crippen LogP contribution >= 0.6 is 23.2 Å². The maximum absolute atomic E-state index is 13.4. The summed E-state index contributed by atoms with van der Waals surface area (Å²) in [7, 11) is 0. The number of ether oxygens (including phenoxy) is 1. The minimum absolute atomic E-state index is 0.228. The summed E-state index contributed by atoms with van der Waals surface area (Å²) in [5.41, 5.74) is 1.70. The second-order valence-corrected chi connectivity index (χ2v) is 8.22. The highest BCUT2D eigenvalue weighted by Crippen LogP contribution is 2.38. The fraction of sp³-hybridized carbons (Fsp3) is 0.125. The molecule has 0 bridgehead atoms. The second-order valence-electron chi connectivity index (χ2n) is 7.35. The van der Waals surface area contributed by atoms with Crippen LogP contribution in [0.15, 0.2) is 84.6 Å². The number of benzene rings is 3. The van der Waals surface area contributed by atoms with Gasteiger partial charge in [0.2, 0.25) is 0 Å². The number of nitrogens with one attached hydrogen (secondary N) is 1. The lowest BCUT2D eigenvalue weighted by Crippen LogP contribution is -2.33. The molecule has 0 saturated carbocycles. The van der Waals surface area contributed by atoms with Gasteiger partial charge in [0.15, 0.2) is 0 Å². The topological polar surface area (TPSA) is 41.6 Å². The van der Waals surface area contributed by atoms with Crippen LogP contribution in [0, 0.1) is 0 Å². The first-order valence-corrected chi connectivity index (χ1v) is 10.7. The highest BCUT2D eigenvalue weighted by Gasteiger charge is 2.44. The van der Waals surface area contributed by atoms with E-state index in [1.54, 1.807) is 60.7 Å². The van der Waals surface area contributed by atoms with E-state index in [1.165, 1.54) is 17.0 Å². The van der Waals surface area contributed by atoms with E-state index in [2.05, 4.69) is 10.1 Å². The Kier molecular flexibility index (Phi) is 6.72. The van der Waals surface area contributed by atoms with Crippen LogP contribution in [0.4, 0.5) is 28.9 Å². The van der Waals surface area contributed by atoms with Crippen molar-refractivity contribution in [1.29, 1.82) is 0 Å². The monoisotopic (exact) mass is 510 g/mol. The summed E-state index contributed by atoms with van der Waals surface area (Å²) in [5, 5.41) is 4.02. The molecule has 1 N–H and O–H groups in total. The van der Waals surface area contributed by atoms with Gasteiger partial charge in [0, 0.05) is 21.4 Å². The second kappa shape index (κ2) is 9.56. The van der Waals surface area contributed by atoms with Crippen molar-refractivity contribution >= 4 is 40.5 Å². The number of rotatable bonds is 7. The van der Waals surface area contributed by atoms with Gasteiger partial charge in [0.05, 0.1) is 6.04 Å². The van der Waals surface area contributed by atoms with Gasteiger partial charge in [-0.3, -0.25) is 9.69 Å². The van der Waals surface area contributed by atoms with E-state index in [0.717, 1.165) is 6.07 Å². The van der Waals surface area contributed by atoms with Crippen molar-refractivity contribution in [2.75, 3.05) is 10.2 Å². The van der Waals surface area contributed by atoms with Crippen molar-refractivity contribution in [3.63, 3.8) is 0 Å². The number of hydrogen-bond acceptors (Lipinski definition) is 3.